The van der Waals surface area contributed by atoms with E-state index in [0.29, 0.717) is 0 Å². The zero-order chi connectivity index (χ0) is 25.6. The van der Waals surface area contributed by atoms with Gasteiger partial charge >= 0.3 is 6.18 Å². The number of rotatable bonds is 5. The topological polar surface area (TPSA) is 104 Å². The molecule has 4 atom stereocenters. The number of aromatic nitrogens is 1. The quantitative estimate of drug-likeness (QED) is 0.624. The van der Waals surface area contributed by atoms with Gasteiger partial charge in [0.25, 0.3) is 11.8 Å². The average molecular weight is 487 g/mol. The van der Waals surface area contributed by atoms with E-state index in [4.69, 9.17) is 15.2 Å². The minimum absolute atomic E-state index is 0.0710. The van der Waals surface area contributed by atoms with E-state index in [0.717, 1.165) is 26.2 Å². The number of methoxy groups -OCH3 is 1. The van der Waals surface area contributed by atoms with Crippen LogP contribution in [0.1, 0.15) is 41.4 Å². The summed E-state index contributed by atoms with van der Waals surface area (Å²) >= 11 is 0. The van der Waals surface area contributed by atoms with Crippen molar-refractivity contribution in [1.82, 2.24) is 4.98 Å². The first-order valence-corrected chi connectivity index (χ1v) is 10.1. The van der Waals surface area contributed by atoms with Gasteiger partial charge in [-0.3, -0.25) is 14.6 Å². The molecule has 0 saturated carbocycles. The second-order valence-corrected chi connectivity index (χ2v) is 8.13. The van der Waals surface area contributed by atoms with Crippen molar-refractivity contribution < 1.29 is 41.0 Å². The van der Waals surface area contributed by atoms with Gasteiger partial charge in [-0.15, -0.1) is 0 Å². The van der Waals surface area contributed by atoms with Crippen LogP contribution < -0.4 is 15.8 Å². The fourth-order valence-corrected chi connectivity index (χ4v) is 4.16. The minimum Gasteiger partial charge on any atom is -0.493 e. The SMILES string of the molecule is COc1c([C@@H]2[C@@H](C)[C@@](C)(C(F)(F)F)O[C@H]2C(=O)Nc2ccnc(C(N)=O)c2C)ccc(F)c1F. The largest absolute Gasteiger partial charge is 0.493 e. The van der Waals surface area contributed by atoms with Gasteiger partial charge in [-0.05, 0) is 26.0 Å². The third-order valence-electron chi connectivity index (χ3n) is 6.27. The predicted molar refractivity (Wildman–Crippen MR) is 110 cm³/mol. The van der Waals surface area contributed by atoms with Crippen molar-refractivity contribution in [2.24, 2.45) is 11.7 Å². The van der Waals surface area contributed by atoms with Crippen LogP contribution in [0.3, 0.4) is 0 Å². The smallest absolute Gasteiger partial charge is 0.417 e. The first-order valence-electron chi connectivity index (χ1n) is 10.1. The molecule has 1 aromatic heterocycles. The second-order valence-electron chi connectivity index (χ2n) is 8.13. The average Bonchev–Trinajstić information content (AvgIpc) is 3.03. The van der Waals surface area contributed by atoms with Crippen molar-refractivity contribution in [2.45, 2.75) is 44.6 Å². The summed E-state index contributed by atoms with van der Waals surface area (Å²) < 4.78 is 80.4. The van der Waals surface area contributed by atoms with Gasteiger partial charge in [-0.1, -0.05) is 13.0 Å². The summed E-state index contributed by atoms with van der Waals surface area (Å²) in [5, 5.41) is 2.43. The molecule has 0 radical (unpaired) electrons. The Kier molecular flexibility index (Phi) is 6.57. The Morgan fingerprint density at radius 3 is 2.44 bits per heavy atom. The fraction of sp³-hybridized carbons (Fsp3) is 0.409. The maximum absolute atomic E-state index is 14.4. The zero-order valence-electron chi connectivity index (χ0n) is 18.6. The summed E-state index contributed by atoms with van der Waals surface area (Å²) in [5.41, 5.74) is 2.42. The Balaban J connectivity index is 2.11. The number of primary amides is 1. The molecule has 0 spiro atoms. The van der Waals surface area contributed by atoms with Gasteiger partial charge < -0.3 is 20.5 Å². The number of nitrogens with two attached hydrogens (primary N) is 1. The van der Waals surface area contributed by atoms with Crippen molar-refractivity contribution in [2.75, 3.05) is 12.4 Å². The van der Waals surface area contributed by atoms with Crippen LogP contribution in [-0.2, 0) is 9.53 Å². The van der Waals surface area contributed by atoms with Crippen LogP contribution >= 0.6 is 0 Å². The van der Waals surface area contributed by atoms with Crippen molar-refractivity contribution in [3.8, 4) is 5.75 Å². The maximum Gasteiger partial charge on any atom is 0.417 e. The maximum atomic E-state index is 14.4. The van der Waals surface area contributed by atoms with E-state index < -0.39 is 58.9 Å². The van der Waals surface area contributed by atoms with Crippen LogP contribution in [0, 0.1) is 24.5 Å². The Labute approximate surface area is 191 Å². The number of nitrogens with zero attached hydrogens (tertiary/aromatic N) is 1. The first kappa shape index (κ1) is 25.3. The van der Waals surface area contributed by atoms with Crippen molar-refractivity contribution in [3.63, 3.8) is 0 Å². The molecule has 0 aliphatic carbocycles. The Morgan fingerprint density at radius 2 is 1.88 bits per heavy atom. The Bertz CT molecular complexity index is 1140. The van der Waals surface area contributed by atoms with E-state index in [-0.39, 0.29) is 22.5 Å². The highest BCUT2D eigenvalue weighted by atomic mass is 19.4. The third kappa shape index (κ3) is 4.06. The molecule has 3 N–H and O–H groups in total. The van der Waals surface area contributed by atoms with E-state index >= 15 is 0 Å². The van der Waals surface area contributed by atoms with Crippen LogP contribution in [0.4, 0.5) is 27.6 Å². The number of carbonyl (C=O) groups excluding carboxylic acids is 2. The number of hydrogen-bond donors (Lipinski definition) is 2. The van der Waals surface area contributed by atoms with Gasteiger partial charge in [0, 0.05) is 34.8 Å². The van der Waals surface area contributed by atoms with E-state index in [1.54, 1.807) is 0 Å². The lowest BCUT2D eigenvalue weighted by atomic mass is 9.77. The van der Waals surface area contributed by atoms with Gasteiger partial charge in [0.2, 0.25) is 5.82 Å². The fourth-order valence-electron chi connectivity index (χ4n) is 4.16. The molecule has 3 rings (SSSR count). The zero-order valence-corrected chi connectivity index (χ0v) is 18.6. The number of alkyl halides is 3. The molecule has 2 amide bonds. The molecule has 1 fully saturated rings. The number of anilines is 1. The van der Waals surface area contributed by atoms with E-state index in [9.17, 15) is 31.5 Å². The normalized spacial score (nSPS) is 24.7. The van der Waals surface area contributed by atoms with Crippen molar-refractivity contribution in [3.05, 3.63) is 52.9 Å². The van der Waals surface area contributed by atoms with Gasteiger partial charge in [0.15, 0.2) is 17.2 Å². The number of ether oxygens (including phenoxy) is 2. The molecule has 2 aromatic rings. The molecule has 1 aliphatic rings. The molecule has 7 nitrogen and oxygen atoms in total. The molecule has 34 heavy (non-hydrogen) atoms. The van der Waals surface area contributed by atoms with E-state index in [1.807, 2.05) is 0 Å². The summed E-state index contributed by atoms with van der Waals surface area (Å²) in [5.74, 6) is -7.92. The molecule has 1 aliphatic heterocycles. The number of amides is 2. The predicted octanol–water partition coefficient (Wildman–Crippen LogP) is 3.85. The minimum atomic E-state index is -4.89. The van der Waals surface area contributed by atoms with Gasteiger partial charge in [-0.2, -0.15) is 17.6 Å². The Morgan fingerprint density at radius 1 is 1.24 bits per heavy atom. The summed E-state index contributed by atoms with van der Waals surface area (Å²) in [6.45, 7) is 3.43. The molecular weight excluding hydrogens is 465 g/mol. The molecule has 1 saturated heterocycles. The lowest BCUT2D eigenvalue weighted by Gasteiger charge is -2.32. The standard InChI is InChI=1S/C22H22F5N3O4/c1-9-13(7-8-29-16(9)19(28)31)30-20(32)18-14(10(2)21(3,34-18)22(25,26)27)11-5-6-12(23)15(24)17(11)33-4/h5-8,10,14,18H,1-4H3,(H2,28,31)(H,29,30,32)/t10-,14+,18-,21+/m1/s1. The van der Waals surface area contributed by atoms with Gasteiger partial charge in [-0.25, -0.2) is 4.39 Å². The van der Waals surface area contributed by atoms with Crippen LogP contribution in [0.15, 0.2) is 24.4 Å². The molecule has 0 unspecified atom stereocenters. The van der Waals surface area contributed by atoms with Crippen molar-refractivity contribution >= 4 is 17.5 Å². The number of hydrogen-bond acceptors (Lipinski definition) is 5. The monoisotopic (exact) mass is 487 g/mol. The van der Waals surface area contributed by atoms with Crippen LogP contribution in [0.2, 0.25) is 0 Å². The summed E-state index contributed by atoms with van der Waals surface area (Å²) in [6.07, 6.45) is -5.47. The molecule has 12 heteroatoms. The van der Waals surface area contributed by atoms with Gasteiger partial charge in [0.1, 0.15) is 11.8 Å². The highest BCUT2D eigenvalue weighted by Gasteiger charge is 2.65. The summed E-state index contributed by atoms with van der Waals surface area (Å²) in [7, 11) is 1.03. The van der Waals surface area contributed by atoms with Crippen LogP contribution in [0.25, 0.3) is 0 Å². The molecule has 0 bridgehead atoms. The second kappa shape index (κ2) is 8.82. The highest BCUT2D eigenvalue weighted by Crippen LogP contribution is 2.55. The van der Waals surface area contributed by atoms with Gasteiger partial charge in [0.05, 0.1) is 7.11 Å². The third-order valence-corrected chi connectivity index (χ3v) is 6.27. The molecule has 1 aromatic carbocycles. The highest BCUT2D eigenvalue weighted by molar-refractivity contribution is 5.99. The van der Waals surface area contributed by atoms with Crippen LogP contribution in [-0.4, -0.2) is 41.8 Å². The number of pyridine rings is 1. The summed E-state index contributed by atoms with van der Waals surface area (Å²) in [6, 6.07) is 3.13. The number of halogens is 5. The van der Waals surface area contributed by atoms with E-state index in [2.05, 4.69) is 10.3 Å². The molecular formula is C22H22F5N3O4. The summed E-state index contributed by atoms with van der Waals surface area (Å²) in [4.78, 5) is 28.5. The lowest BCUT2D eigenvalue weighted by Crippen LogP contribution is -2.47. The number of benzene rings is 1. The molecule has 2 heterocycles. The number of nitrogens with one attached hydrogen (secondary N) is 1. The molecule has 184 valence electrons. The van der Waals surface area contributed by atoms with Crippen LogP contribution in [0.5, 0.6) is 5.75 Å². The van der Waals surface area contributed by atoms with Crippen molar-refractivity contribution in [1.29, 1.82) is 0 Å². The Hall–Kier alpha value is -3.28. The lowest BCUT2D eigenvalue weighted by molar-refractivity contribution is -0.272. The number of carbonyl (C=O) groups is 2. The van der Waals surface area contributed by atoms with E-state index in [1.165, 1.54) is 26.1 Å². The first-order chi connectivity index (χ1) is 15.7.